The van der Waals surface area contributed by atoms with E-state index in [2.05, 4.69) is 45.0 Å². The van der Waals surface area contributed by atoms with Crippen LogP contribution in [0.5, 0.6) is 0 Å². The van der Waals surface area contributed by atoms with E-state index in [0.29, 0.717) is 0 Å². The molecule has 14 heavy (non-hydrogen) atoms. The highest BCUT2D eigenvalue weighted by Crippen LogP contribution is 2.26. The van der Waals surface area contributed by atoms with Crippen molar-refractivity contribution in [1.82, 2.24) is 0 Å². The summed E-state index contributed by atoms with van der Waals surface area (Å²) in [6.45, 7) is 6.75. The van der Waals surface area contributed by atoms with Crippen LogP contribution in [0.2, 0.25) is 0 Å². The molecule has 1 rings (SSSR count). The van der Waals surface area contributed by atoms with Crippen molar-refractivity contribution in [2.75, 3.05) is 6.61 Å². The van der Waals surface area contributed by atoms with E-state index in [4.69, 9.17) is 5.11 Å². The summed E-state index contributed by atoms with van der Waals surface area (Å²) in [5, 5.41) is 8.96. The van der Waals surface area contributed by atoms with Gasteiger partial charge in [0.15, 0.2) is 0 Å². The Morgan fingerprint density at radius 2 is 1.71 bits per heavy atom. The largest absolute Gasteiger partial charge is 0.396 e. The molecule has 0 fully saturated rings. The van der Waals surface area contributed by atoms with Crippen molar-refractivity contribution in [3.05, 3.63) is 35.4 Å². The molecule has 0 amide bonds. The molecule has 0 heterocycles. The molecule has 0 atom stereocenters. The Hall–Kier alpha value is -0.820. The van der Waals surface area contributed by atoms with Gasteiger partial charge >= 0.3 is 0 Å². The minimum Gasteiger partial charge on any atom is -0.396 e. The van der Waals surface area contributed by atoms with Crippen molar-refractivity contribution in [3.63, 3.8) is 0 Å². The first-order valence-electron chi connectivity index (χ1n) is 5.30. The van der Waals surface area contributed by atoms with E-state index >= 15 is 0 Å². The van der Waals surface area contributed by atoms with Crippen LogP contribution in [0.15, 0.2) is 24.3 Å². The van der Waals surface area contributed by atoms with Gasteiger partial charge in [-0.15, -0.1) is 0 Å². The molecule has 1 aromatic carbocycles. The molecule has 1 N–H and O–H groups in total. The Bertz CT molecular complexity index is 272. The number of benzene rings is 1. The van der Waals surface area contributed by atoms with E-state index in [1.54, 1.807) is 0 Å². The van der Waals surface area contributed by atoms with Gasteiger partial charge in [-0.1, -0.05) is 45.0 Å². The molecule has 0 aromatic heterocycles. The Balaban J connectivity index is 2.85. The number of aliphatic hydroxyl groups excluding tert-OH is 1. The van der Waals surface area contributed by atoms with Crippen molar-refractivity contribution >= 4 is 0 Å². The molecular weight excluding hydrogens is 172 g/mol. The average molecular weight is 192 g/mol. The standard InChI is InChI=1S/C13H20O/c1-4-11-5-7-12(8-6-11)13(2,3)9-10-14/h5-8,14H,4,9-10H2,1-3H3. The lowest BCUT2D eigenvalue weighted by molar-refractivity contribution is 0.252. The smallest absolute Gasteiger partial charge is 0.0439 e. The van der Waals surface area contributed by atoms with Crippen molar-refractivity contribution < 1.29 is 5.11 Å². The van der Waals surface area contributed by atoms with Crippen LogP contribution in [0.1, 0.15) is 38.3 Å². The second-order valence-corrected chi connectivity index (χ2v) is 4.41. The Kier molecular flexibility index (Phi) is 3.70. The zero-order valence-electron chi connectivity index (χ0n) is 9.38. The van der Waals surface area contributed by atoms with Crippen LogP contribution in [0.3, 0.4) is 0 Å². The van der Waals surface area contributed by atoms with E-state index < -0.39 is 0 Å². The van der Waals surface area contributed by atoms with E-state index in [-0.39, 0.29) is 12.0 Å². The van der Waals surface area contributed by atoms with Gasteiger partial charge in [0, 0.05) is 6.61 Å². The van der Waals surface area contributed by atoms with Gasteiger partial charge in [-0.2, -0.15) is 0 Å². The minimum absolute atomic E-state index is 0.0843. The van der Waals surface area contributed by atoms with Crippen LogP contribution < -0.4 is 0 Å². The Morgan fingerprint density at radius 1 is 1.14 bits per heavy atom. The number of rotatable bonds is 4. The Labute approximate surface area is 86.8 Å². The lowest BCUT2D eigenvalue weighted by Gasteiger charge is -2.24. The molecule has 1 nitrogen and oxygen atoms in total. The predicted molar refractivity (Wildman–Crippen MR) is 60.5 cm³/mol. The van der Waals surface area contributed by atoms with Crippen molar-refractivity contribution in [3.8, 4) is 0 Å². The molecule has 0 spiro atoms. The predicted octanol–water partition coefficient (Wildman–Crippen LogP) is 2.91. The summed E-state index contributed by atoms with van der Waals surface area (Å²) in [6, 6.07) is 8.70. The van der Waals surface area contributed by atoms with Gasteiger partial charge < -0.3 is 5.11 Å². The summed E-state index contributed by atoms with van der Waals surface area (Å²) in [6.07, 6.45) is 1.90. The van der Waals surface area contributed by atoms with Crippen molar-refractivity contribution in [2.24, 2.45) is 0 Å². The molecule has 0 radical (unpaired) electrons. The lowest BCUT2D eigenvalue weighted by Crippen LogP contribution is -2.18. The maximum Gasteiger partial charge on any atom is 0.0439 e. The van der Waals surface area contributed by atoms with E-state index in [1.165, 1.54) is 11.1 Å². The van der Waals surface area contributed by atoms with Crippen LogP contribution in [-0.2, 0) is 11.8 Å². The molecule has 78 valence electrons. The summed E-state index contributed by atoms with van der Waals surface area (Å²) in [4.78, 5) is 0. The summed E-state index contributed by atoms with van der Waals surface area (Å²) >= 11 is 0. The second kappa shape index (κ2) is 4.61. The molecule has 0 aliphatic carbocycles. The maximum absolute atomic E-state index is 8.96. The fourth-order valence-electron chi connectivity index (χ4n) is 1.62. The Morgan fingerprint density at radius 3 is 2.14 bits per heavy atom. The van der Waals surface area contributed by atoms with Crippen LogP contribution in [0, 0.1) is 0 Å². The van der Waals surface area contributed by atoms with Gasteiger partial charge in [-0.25, -0.2) is 0 Å². The maximum atomic E-state index is 8.96. The number of aryl methyl sites for hydroxylation is 1. The number of hydrogen-bond acceptors (Lipinski definition) is 1. The van der Waals surface area contributed by atoms with E-state index in [9.17, 15) is 0 Å². The highest BCUT2D eigenvalue weighted by atomic mass is 16.3. The van der Waals surface area contributed by atoms with E-state index in [0.717, 1.165) is 12.8 Å². The quantitative estimate of drug-likeness (QED) is 0.777. The van der Waals surface area contributed by atoms with Gasteiger partial charge in [-0.05, 0) is 29.4 Å². The highest BCUT2D eigenvalue weighted by molar-refractivity contribution is 5.28. The summed E-state index contributed by atoms with van der Waals surface area (Å²) < 4.78 is 0. The number of aliphatic hydroxyl groups is 1. The zero-order chi connectivity index (χ0) is 10.6. The van der Waals surface area contributed by atoms with Crippen LogP contribution in [0.4, 0.5) is 0 Å². The lowest BCUT2D eigenvalue weighted by atomic mass is 9.81. The molecule has 0 saturated heterocycles. The third kappa shape index (κ3) is 2.58. The van der Waals surface area contributed by atoms with Crippen molar-refractivity contribution in [2.45, 2.75) is 39.0 Å². The molecule has 0 aliphatic rings. The monoisotopic (exact) mass is 192 g/mol. The second-order valence-electron chi connectivity index (χ2n) is 4.41. The first-order chi connectivity index (χ1) is 6.60. The first kappa shape index (κ1) is 11.3. The van der Waals surface area contributed by atoms with Gasteiger partial charge in [0.05, 0.1) is 0 Å². The molecule has 1 heteroatoms. The topological polar surface area (TPSA) is 20.2 Å². The molecule has 1 aromatic rings. The molecule has 0 bridgehead atoms. The summed E-state index contributed by atoms with van der Waals surface area (Å²) in [5.41, 5.74) is 2.76. The van der Waals surface area contributed by atoms with Crippen molar-refractivity contribution in [1.29, 1.82) is 0 Å². The minimum atomic E-state index is 0.0843. The number of hydrogen-bond donors (Lipinski definition) is 1. The van der Waals surface area contributed by atoms with Gasteiger partial charge in [0.2, 0.25) is 0 Å². The third-order valence-corrected chi connectivity index (χ3v) is 2.88. The van der Waals surface area contributed by atoms with Crippen LogP contribution in [-0.4, -0.2) is 11.7 Å². The summed E-state index contributed by atoms with van der Waals surface area (Å²) in [7, 11) is 0. The third-order valence-electron chi connectivity index (χ3n) is 2.88. The SMILES string of the molecule is CCc1ccc(C(C)(C)CCO)cc1. The first-order valence-corrected chi connectivity index (χ1v) is 5.30. The molecule has 0 unspecified atom stereocenters. The van der Waals surface area contributed by atoms with Gasteiger partial charge in [-0.3, -0.25) is 0 Å². The molecular formula is C13H20O. The summed E-state index contributed by atoms with van der Waals surface area (Å²) in [5.74, 6) is 0. The van der Waals surface area contributed by atoms with Crippen LogP contribution >= 0.6 is 0 Å². The zero-order valence-corrected chi connectivity index (χ0v) is 9.38. The van der Waals surface area contributed by atoms with Crippen LogP contribution in [0.25, 0.3) is 0 Å². The normalized spacial score (nSPS) is 11.7. The molecule has 0 aliphatic heterocycles. The fourth-order valence-corrected chi connectivity index (χ4v) is 1.62. The average Bonchev–Trinajstić information content (AvgIpc) is 2.18. The van der Waals surface area contributed by atoms with E-state index in [1.807, 2.05) is 0 Å². The highest BCUT2D eigenvalue weighted by Gasteiger charge is 2.19. The molecule has 0 saturated carbocycles. The van der Waals surface area contributed by atoms with Gasteiger partial charge in [0.25, 0.3) is 0 Å². The fraction of sp³-hybridized carbons (Fsp3) is 0.538. The van der Waals surface area contributed by atoms with Gasteiger partial charge in [0.1, 0.15) is 0 Å².